The first-order chi connectivity index (χ1) is 12.5. The Morgan fingerprint density at radius 2 is 1.92 bits per heavy atom. The van der Waals surface area contributed by atoms with E-state index in [-0.39, 0.29) is 10.9 Å². The summed E-state index contributed by atoms with van der Waals surface area (Å²) < 4.78 is 10.1. The third-order valence-electron chi connectivity index (χ3n) is 3.21. The predicted molar refractivity (Wildman–Crippen MR) is 99.0 cm³/mol. The number of nitro groups is 1. The number of hydrogen-bond acceptors (Lipinski definition) is 7. The average molecular weight is 375 g/mol. The lowest BCUT2D eigenvalue weighted by Gasteiger charge is -2.13. The summed E-state index contributed by atoms with van der Waals surface area (Å²) in [6, 6.07) is 9.62. The molecule has 0 aliphatic rings. The summed E-state index contributed by atoms with van der Waals surface area (Å²) >= 11 is 5.12. The molecule has 2 N–H and O–H groups in total. The molecule has 0 aromatic heterocycles. The van der Waals surface area contributed by atoms with Crippen LogP contribution in [0.4, 0.5) is 11.4 Å². The molecule has 0 aliphatic heterocycles. The molecule has 9 nitrogen and oxygen atoms in total. The lowest BCUT2D eigenvalue weighted by molar-refractivity contribution is -0.398. The van der Waals surface area contributed by atoms with Crippen LogP contribution in [0.2, 0.25) is 0 Å². The van der Waals surface area contributed by atoms with Crippen LogP contribution < -0.4 is 25.3 Å². The molecular weight excluding hydrogens is 360 g/mol. The maximum Gasteiger partial charge on any atom is 0.266 e. The number of ether oxygens (including phenoxy) is 2. The Kier molecular flexibility index (Phi) is 6.28. The second-order valence-electron chi connectivity index (χ2n) is 4.85. The number of anilines is 1. The van der Waals surface area contributed by atoms with Gasteiger partial charge in [-0.1, -0.05) is 12.1 Å². The molecule has 0 radical (unpaired) electrons. The van der Waals surface area contributed by atoms with Crippen LogP contribution in [-0.4, -0.2) is 30.5 Å². The van der Waals surface area contributed by atoms with Crippen molar-refractivity contribution in [2.45, 2.75) is 0 Å². The van der Waals surface area contributed by atoms with E-state index in [0.717, 1.165) is 6.07 Å². The molecular formula is C16H15N4O5S-. The summed E-state index contributed by atoms with van der Waals surface area (Å²) in [5, 5.41) is 29.7. The van der Waals surface area contributed by atoms with Gasteiger partial charge in [0.2, 0.25) is 0 Å². The van der Waals surface area contributed by atoms with Gasteiger partial charge in [-0.15, -0.1) is 0 Å². The first kappa shape index (κ1) is 18.9. The minimum absolute atomic E-state index is 0.143. The second kappa shape index (κ2) is 8.62. The molecule has 2 aromatic carbocycles. The third kappa shape index (κ3) is 4.57. The minimum atomic E-state index is -0.795. The highest BCUT2D eigenvalue weighted by molar-refractivity contribution is 7.80. The van der Waals surface area contributed by atoms with E-state index in [1.807, 2.05) is 12.1 Å². The molecule has 10 heteroatoms. The summed E-state index contributed by atoms with van der Waals surface area (Å²) in [5.41, 5.74) is 2.94. The van der Waals surface area contributed by atoms with E-state index < -0.39 is 16.4 Å². The van der Waals surface area contributed by atoms with Gasteiger partial charge in [-0.3, -0.25) is 15.5 Å². The Labute approximate surface area is 154 Å². The molecule has 0 heterocycles. The number of benzene rings is 2. The number of para-hydroxylation sites is 2. The van der Waals surface area contributed by atoms with Crippen LogP contribution in [-0.2, 0) is 0 Å². The first-order valence-electron chi connectivity index (χ1n) is 7.22. The molecule has 26 heavy (non-hydrogen) atoms. The number of hydrazone groups is 1. The van der Waals surface area contributed by atoms with E-state index >= 15 is 0 Å². The van der Waals surface area contributed by atoms with Gasteiger partial charge >= 0.3 is 0 Å². The van der Waals surface area contributed by atoms with Crippen LogP contribution in [0, 0.1) is 10.1 Å². The Bertz CT molecular complexity index is 857. The molecule has 0 spiro atoms. The Morgan fingerprint density at radius 1 is 1.23 bits per heavy atom. The highest BCUT2D eigenvalue weighted by Crippen LogP contribution is 2.33. The monoisotopic (exact) mass is 375 g/mol. The number of thiocarbonyl (C=S) groups is 1. The van der Waals surface area contributed by atoms with E-state index in [1.54, 1.807) is 12.1 Å². The van der Waals surface area contributed by atoms with Crippen molar-refractivity contribution in [3.63, 3.8) is 0 Å². The third-order valence-corrected chi connectivity index (χ3v) is 3.40. The maximum atomic E-state index is 11.8. The fraction of sp³-hybridized carbons (Fsp3) is 0.125. The molecule has 2 rings (SSSR count). The number of hydrogen-bond donors (Lipinski definition) is 2. The fourth-order valence-corrected chi connectivity index (χ4v) is 2.20. The maximum absolute atomic E-state index is 11.8. The second-order valence-corrected chi connectivity index (χ2v) is 5.26. The van der Waals surface area contributed by atoms with Crippen LogP contribution in [0.5, 0.6) is 17.2 Å². The Balaban J connectivity index is 2.09. The lowest BCUT2D eigenvalue weighted by Crippen LogP contribution is -2.24. The van der Waals surface area contributed by atoms with Gasteiger partial charge in [-0.2, -0.15) is 5.10 Å². The van der Waals surface area contributed by atoms with E-state index in [1.165, 1.54) is 26.5 Å². The lowest BCUT2D eigenvalue weighted by atomic mass is 10.2. The zero-order valence-corrected chi connectivity index (χ0v) is 14.7. The van der Waals surface area contributed by atoms with Crippen molar-refractivity contribution in [1.82, 2.24) is 5.43 Å². The van der Waals surface area contributed by atoms with Gasteiger partial charge in [-0.05, 0) is 30.4 Å². The van der Waals surface area contributed by atoms with Gasteiger partial charge in [0.1, 0.15) is 11.5 Å². The summed E-state index contributed by atoms with van der Waals surface area (Å²) in [7, 11) is 2.79. The number of methoxy groups -OCH3 is 2. The highest BCUT2D eigenvalue weighted by Gasteiger charge is 2.12. The van der Waals surface area contributed by atoms with Crippen molar-refractivity contribution in [3.05, 3.63) is 52.1 Å². The summed E-state index contributed by atoms with van der Waals surface area (Å²) in [6.45, 7) is 0. The summed E-state index contributed by atoms with van der Waals surface area (Å²) in [4.78, 5) is 10.2. The molecule has 0 bridgehead atoms. The standard InChI is InChI=1S/C16H16N4O5S/c1-24-13-6-4-3-5-11(13)18-16(26)19-17-9-10-7-12(20(22)23)15(21)14(8-10)25-2/h3-9,21H,1-2H3,(H2,18,19,26)/p-1/b17-9-. The van der Waals surface area contributed by atoms with Crippen molar-refractivity contribution in [2.24, 2.45) is 5.10 Å². The highest BCUT2D eigenvalue weighted by atomic mass is 32.1. The quantitative estimate of drug-likeness (QED) is 0.340. The smallest absolute Gasteiger partial charge is 0.266 e. The molecule has 0 saturated carbocycles. The fourth-order valence-electron chi connectivity index (χ4n) is 2.03. The van der Waals surface area contributed by atoms with Gasteiger partial charge in [0.15, 0.2) is 5.11 Å². The van der Waals surface area contributed by atoms with Gasteiger partial charge in [0.25, 0.3) is 5.69 Å². The van der Waals surface area contributed by atoms with E-state index in [4.69, 9.17) is 21.7 Å². The Morgan fingerprint density at radius 3 is 2.58 bits per heavy atom. The molecule has 136 valence electrons. The molecule has 0 aliphatic carbocycles. The van der Waals surface area contributed by atoms with Crippen molar-refractivity contribution in [1.29, 1.82) is 0 Å². The van der Waals surface area contributed by atoms with E-state index in [9.17, 15) is 15.2 Å². The molecule has 0 saturated heterocycles. The summed E-state index contributed by atoms with van der Waals surface area (Å²) in [5.74, 6) is -0.335. The topological polar surface area (TPSA) is 121 Å². The van der Waals surface area contributed by atoms with Gasteiger partial charge in [0.05, 0.1) is 31.0 Å². The molecule has 0 amide bonds. The van der Waals surface area contributed by atoms with Gasteiger partial charge < -0.3 is 19.9 Å². The molecule has 0 atom stereocenters. The number of nitrogens with zero attached hydrogens (tertiary/aromatic N) is 2. The number of nitrogens with one attached hydrogen (secondary N) is 2. The molecule has 0 fully saturated rings. The van der Waals surface area contributed by atoms with E-state index in [2.05, 4.69) is 15.8 Å². The SMILES string of the molecule is COc1ccccc1NC(=S)N/N=C\c1cc(OC)c([O-])c([N+](=O)[O-])c1. The van der Waals surface area contributed by atoms with Gasteiger partial charge in [-0.25, -0.2) is 0 Å². The minimum Gasteiger partial charge on any atom is -0.865 e. The zero-order chi connectivity index (χ0) is 19.1. The van der Waals surface area contributed by atoms with Crippen molar-refractivity contribution in [2.75, 3.05) is 19.5 Å². The average Bonchev–Trinajstić information content (AvgIpc) is 2.63. The Hall–Kier alpha value is -3.40. The number of rotatable bonds is 6. The van der Waals surface area contributed by atoms with Crippen LogP contribution >= 0.6 is 12.2 Å². The zero-order valence-electron chi connectivity index (χ0n) is 13.9. The summed E-state index contributed by atoms with van der Waals surface area (Å²) in [6.07, 6.45) is 1.28. The van der Waals surface area contributed by atoms with Crippen molar-refractivity contribution >= 4 is 34.9 Å². The predicted octanol–water partition coefficient (Wildman–Crippen LogP) is 2.01. The van der Waals surface area contributed by atoms with Crippen LogP contribution in [0.15, 0.2) is 41.5 Å². The van der Waals surface area contributed by atoms with Crippen molar-refractivity contribution < 1.29 is 19.5 Å². The number of nitro benzene ring substituents is 1. The molecule has 2 aromatic rings. The van der Waals surface area contributed by atoms with Crippen LogP contribution in [0.1, 0.15) is 5.56 Å². The van der Waals surface area contributed by atoms with E-state index in [0.29, 0.717) is 17.0 Å². The van der Waals surface area contributed by atoms with Gasteiger partial charge in [0, 0.05) is 17.4 Å². The van der Waals surface area contributed by atoms with Crippen molar-refractivity contribution in [3.8, 4) is 17.2 Å². The normalized spacial score (nSPS) is 10.4. The molecule has 0 unspecified atom stereocenters. The van der Waals surface area contributed by atoms with Crippen LogP contribution in [0.3, 0.4) is 0 Å². The van der Waals surface area contributed by atoms with Crippen LogP contribution in [0.25, 0.3) is 0 Å². The largest absolute Gasteiger partial charge is 0.865 e. The first-order valence-corrected chi connectivity index (χ1v) is 7.63.